The largest absolute Gasteiger partial charge is 0.337 e. The molecule has 10 aliphatic carbocycles. The van der Waals surface area contributed by atoms with Crippen LogP contribution in [0.3, 0.4) is 0 Å². The molecule has 1 aromatic heterocycles. The summed E-state index contributed by atoms with van der Waals surface area (Å²) in [5.41, 5.74) is 13.0. The summed E-state index contributed by atoms with van der Waals surface area (Å²) in [5, 5.41) is 3.19. The summed E-state index contributed by atoms with van der Waals surface area (Å²) in [6.07, 6.45) is 72.3. The molecule has 61 heavy (non-hydrogen) atoms. The van der Waals surface area contributed by atoms with Crippen molar-refractivity contribution in [3.63, 3.8) is 0 Å². The summed E-state index contributed by atoms with van der Waals surface area (Å²) in [6, 6.07) is 0.375. The molecule has 10 atom stereocenters. The van der Waals surface area contributed by atoms with Crippen LogP contribution >= 0.6 is 23.1 Å². The molecule has 1 saturated heterocycles. The summed E-state index contributed by atoms with van der Waals surface area (Å²) in [5.74, 6) is 3.97. The highest BCUT2D eigenvalue weighted by molar-refractivity contribution is 8.01. The molecule has 0 bridgehead atoms. The number of allylic oxidation sites excluding steroid dienone is 23. The van der Waals surface area contributed by atoms with Gasteiger partial charge >= 0.3 is 0 Å². The fraction of sp³-hybridized carbons (Fsp3) is 0.448. The predicted molar refractivity (Wildman–Crippen MR) is 262 cm³/mol. The van der Waals surface area contributed by atoms with Gasteiger partial charge in [0, 0.05) is 56.4 Å². The number of thiophene rings is 1. The van der Waals surface area contributed by atoms with Crippen LogP contribution in [-0.4, -0.2) is 21.4 Å². The minimum Gasteiger partial charge on any atom is -0.337 e. The Morgan fingerprint density at radius 2 is 1.54 bits per heavy atom. The minimum absolute atomic E-state index is 0.375. The van der Waals surface area contributed by atoms with Gasteiger partial charge in [-0.15, -0.1) is 23.1 Å². The zero-order valence-corrected chi connectivity index (χ0v) is 37.6. The molecule has 1 nitrogen and oxygen atoms in total. The first-order valence-corrected chi connectivity index (χ1v) is 26.3. The van der Waals surface area contributed by atoms with Crippen LogP contribution in [0.5, 0.6) is 0 Å². The Morgan fingerprint density at radius 1 is 0.607 bits per heavy atom. The maximum absolute atomic E-state index is 2.85. The van der Waals surface area contributed by atoms with Crippen LogP contribution in [0.2, 0.25) is 0 Å². The Hall–Kier alpha value is -3.79. The monoisotopic (exact) mass is 837 g/mol. The highest BCUT2D eigenvalue weighted by Crippen LogP contribution is 2.54. The van der Waals surface area contributed by atoms with Crippen LogP contribution in [0.4, 0.5) is 0 Å². The first kappa shape index (κ1) is 38.9. The normalized spacial score (nSPS) is 35.6. The minimum atomic E-state index is 0.375. The molecule has 1 aromatic rings. The molecule has 0 amide bonds. The first-order valence-electron chi connectivity index (χ1n) is 24.5. The molecule has 3 heteroatoms. The molecular formula is C58H63NS2. The average molecular weight is 838 g/mol. The van der Waals surface area contributed by atoms with Gasteiger partial charge in [0.05, 0.1) is 10.6 Å². The summed E-state index contributed by atoms with van der Waals surface area (Å²) in [7, 11) is 0. The van der Waals surface area contributed by atoms with Gasteiger partial charge < -0.3 is 4.90 Å². The number of rotatable bonds is 7. The second kappa shape index (κ2) is 16.7. The van der Waals surface area contributed by atoms with Crippen molar-refractivity contribution < 1.29 is 0 Å². The Labute approximate surface area is 373 Å². The van der Waals surface area contributed by atoms with Gasteiger partial charge in [-0.3, -0.25) is 0 Å². The third kappa shape index (κ3) is 7.13. The van der Waals surface area contributed by atoms with Gasteiger partial charge in [-0.25, -0.2) is 0 Å². The zero-order valence-electron chi connectivity index (χ0n) is 36.0. The lowest BCUT2D eigenvalue weighted by Crippen LogP contribution is -2.41. The van der Waals surface area contributed by atoms with E-state index in [0.29, 0.717) is 47.5 Å². The fourth-order valence-electron chi connectivity index (χ4n) is 13.4. The Bertz CT molecular complexity index is 2490. The van der Waals surface area contributed by atoms with Gasteiger partial charge in [-0.05, 0) is 154 Å². The third-order valence-electron chi connectivity index (χ3n) is 16.4. The zero-order chi connectivity index (χ0) is 40.3. The maximum atomic E-state index is 2.85. The van der Waals surface area contributed by atoms with E-state index in [1.54, 1.807) is 31.5 Å². The molecule has 312 valence electrons. The van der Waals surface area contributed by atoms with Gasteiger partial charge in [0.25, 0.3) is 0 Å². The van der Waals surface area contributed by atoms with Crippen LogP contribution in [0.25, 0.3) is 17.3 Å². The number of nitrogens with zero attached hydrogens (tertiary/aromatic N) is 1. The highest BCUT2D eigenvalue weighted by atomic mass is 32.2. The van der Waals surface area contributed by atoms with E-state index in [4.69, 9.17) is 0 Å². The Morgan fingerprint density at radius 3 is 2.41 bits per heavy atom. The molecule has 0 aromatic carbocycles. The maximum Gasteiger partial charge on any atom is 0.0544 e. The molecule has 11 aliphatic rings. The SMILES string of the molecule is C1=CC2=CC=CC(C3C=CC(N(C4=CCC(C5=CC[C@@H](C6=C7C(CCC6)SC6CCC=CC76)C=C5)C=C4)C4=c5sc6c(c5=CCC4)CCC=C6C4C=CCCC4)CC3)C2C=C1. The first-order chi connectivity index (χ1) is 30.2. The van der Waals surface area contributed by atoms with Crippen LogP contribution < -0.4 is 9.75 Å². The molecule has 0 spiro atoms. The van der Waals surface area contributed by atoms with E-state index in [-0.39, 0.29) is 0 Å². The second-order valence-electron chi connectivity index (χ2n) is 19.8. The third-order valence-corrected chi connectivity index (χ3v) is 19.4. The van der Waals surface area contributed by atoms with Crippen LogP contribution in [0.1, 0.15) is 107 Å². The summed E-state index contributed by atoms with van der Waals surface area (Å²) < 4.78 is 1.57. The lowest BCUT2D eigenvalue weighted by atomic mass is 9.70. The van der Waals surface area contributed by atoms with Crippen molar-refractivity contribution in [1.82, 2.24) is 4.90 Å². The van der Waals surface area contributed by atoms with E-state index in [2.05, 4.69) is 156 Å². The van der Waals surface area contributed by atoms with Crippen molar-refractivity contribution >= 4 is 40.4 Å². The molecular weight excluding hydrogens is 775 g/mol. The standard InChI is InChI=1S/C58H63NS2/c1-2-12-41(13-3-1)49-20-9-21-50-51-22-10-23-53(58(51)61-57(49)50)59(45-36-32-42(33-37-45)47-18-8-15-40-14-4-5-16-46(40)47)44-34-30-39(31-35-44)38-26-28-43(29-27-38)48-19-11-25-55-56(48)52-17-6-7-24-54(52)60-55/h2,4-6,8,12,14-18,20,22,26-28,30,32,34-36,39,41-43,45-47,52,54-55H,1,3,7,9-11,13,19,21,23-25,29,31,33,37H2/t39?,41?,42?,43-,45?,46?,47?,52?,54?,55?/m0/s1. The molecule has 0 radical (unpaired) electrons. The smallest absolute Gasteiger partial charge is 0.0544 e. The lowest BCUT2D eigenvalue weighted by molar-refractivity contribution is 0.303. The molecule has 1 fully saturated rings. The van der Waals surface area contributed by atoms with Crippen molar-refractivity contribution in [3.05, 3.63) is 170 Å². The molecule has 0 N–H and O–H groups in total. The number of hydrogen-bond acceptors (Lipinski definition) is 3. The topological polar surface area (TPSA) is 3.24 Å². The van der Waals surface area contributed by atoms with Gasteiger partial charge in [-0.1, -0.05) is 127 Å². The summed E-state index contributed by atoms with van der Waals surface area (Å²) in [4.78, 5) is 4.46. The molecule has 0 saturated carbocycles. The van der Waals surface area contributed by atoms with E-state index in [1.807, 2.05) is 11.1 Å². The van der Waals surface area contributed by atoms with Crippen molar-refractivity contribution in [2.45, 2.75) is 119 Å². The van der Waals surface area contributed by atoms with Crippen LogP contribution in [0.15, 0.2) is 150 Å². The van der Waals surface area contributed by atoms with E-state index in [0.717, 1.165) is 29.8 Å². The van der Waals surface area contributed by atoms with Gasteiger partial charge in [0.15, 0.2) is 0 Å². The second-order valence-corrected chi connectivity index (χ2v) is 22.2. The van der Waals surface area contributed by atoms with Crippen molar-refractivity contribution in [2.24, 2.45) is 41.4 Å². The number of hydrogen-bond donors (Lipinski definition) is 0. The van der Waals surface area contributed by atoms with Gasteiger partial charge in [0.2, 0.25) is 0 Å². The molecule has 9 unspecified atom stereocenters. The van der Waals surface area contributed by atoms with Gasteiger partial charge in [-0.2, -0.15) is 0 Å². The summed E-state index contributed by atoms with van der Waals surface area (Å²) >= 11 is 4.46. The molecule has 12 rings (SSSR count). The molecule has 1 aliphatic heterocycles. The van der Waals surface area contributed by atoms with Crippen LogP contribution in [0, 0.1) is 41.4 Å². The lowest BCUT2D eigenvalue weighted by Gasteiger charge is -2.41. The quantitative estimate of drug-likeness (QED) is 0.252. The Kier molecular flexibility index (Phi) is 10.7. The fourth-order valence-corrected chi connectivity index (χ4v) is 16.8. The van der Waals surface area contributed by atoms with E-state index in [1.165, 1.54) is 100 Å². The van der Waals surface area contributed by atoms with Gasteiger partial charge in [0.1, 0.15) is 0 Å². The van der Waals surface area contributed by atoms with Crippen molar-refractivity contribution in [3.8, 4) is 0 Å². The summed E-state index contributed by atoms with van der Waals surface area (Å²) in [6.45, 7) is 0. The highest BCUT2D eigenvalue weighted by Gasteiger charge is 2.43. The molecule has 2 heterocycles. The van der Waals surface area contributed by atoms with E-state index < -0.39 is 0 Å². The average Bonchev–Trinajstić information content (AvgIpc) is 3.92. The van der Waals surface area contributed by atoms with Crippen LogP contribution in [-0.2, 0) is 6.42 Å². The van der Waals surface area contributed by atoms with Crippen molar-refractivity contribution in [1.29, 1.82) is 0 Å². The Balaban J connectivity index is 0.844. The van der Waals surface area contributed by atoms with E-state index >= 15 is 0 Å². The van der Waals surface area contributed by atoms with E-state index in [9.17, 15) is 0 Å². The predicted octanol–water partition coefficient (Wildman–Crippen LogP) is 13.5. The number of thioether (sulfide) groups is 1. The van der Waals surface area contributed by atoms with Crippen molar-refractivity contribution in [2.75, 3.05) is 0 Å². The number of fused-ring (bicyclic) bond motifs is 7.